The predicted molar refractivity (Wildman–Crippen MR) is 85.4 cm³/mol. The molecule has 1 aromatic heterocycles. The Hall–Kier alpha value is -2.90. The molecule has 1 amide bonds. The Kier molecular flexibility index (Phi) is 4.43. The van der Waals surface area contributed by atoms with E-state index in [1.54, 1.807) is 18.2 Å². The molecule has 0 atom stereocenters. The van der Waals surface area contributed by atoms with E-state index in [2.05, 4.69) is 10.2 Å². The standard InChI is InChI=1S/C17H15F3N4O/c1-23(10-12-5-4-6-13(9-12)17(18,19)20)16(25)11-24-21-14-7-2-3-8-15(14)22-24/h2-9H,10-11H2,1H3. The van der Waals surface area contributed by atoms with Gasteiger partial charge in [-0.05, 0) is 29.8 Å². The van der Waals surface area contributed by atoms with Crippen molar-refractivity contribution in [2.75, 3.05) is 7.05 Å². The molecule has 0 saturated heterocycles. The Morgan fingerprint density at radius 3 is 2.32 bits per heavy atom. The van der Waals surface area contributed by atoms with Crippen LogP contribution in [0.5, 0.6) is 0 Å². The lowest BCUT2D eigenvalue weighted by atomic mass is 10.1. The summed E-state index contributed by atoms with van der Waals surface area (Å²) < 4.78 is 38.3. The van der Waals surface area contributed by atoms with Crippen LogP contribution in [0.25, 0.3) is 11.0 Å². The second kappa shape index (κ2) is 6.54. The molecule has 0 bridgehead atoms. The SMILES string of the molecule is CN(Cc1cccc(C(F)(F)F)c1)C(=O)Cn1nc2ccccc2n1. The maximum atomic E-state index is 12.8. The summed E-state index contributed by atoms with van der Waals surface area (Å²) in [7, 11) is 1.53. The van der Waals surface area contributed by atoms with Crippen molar-refractivity contribution >= 4 is 16.9 Å². The molecular weight excluding hydrogens is 333 g/mol. The van der Waals surface area contributed by atoms with Crippen molar-refractivity contribution in [2.24, 2.45) is 0 Å². The summed E-state index contributed by atoms with van der Waals surface area (Å²) in [5, 5.41) is 8.40. The molecule has 5 nitrogen and oxygen atoms in total. The fourth-order valence-corrected chi connectivity index (χ4v) is 2.42. The summed E-state index contributed by atoms with van der Waals surface area (Å²) in [4.78, 5) is 14.9. The lowest BCUT2D eigenvalue weighted by molar-refractivity contribution is -0.137. The summed E-state index contributed by atoms with van der Waals surface area (Å²) in [6.07, 6.45) is -4.41. The molecule has 2 aromatic carbocycles. The molecule has 0 aliphatic heterocycles. The third-order valence-corrected chi connectivity index (χ3v) is 3.70. The first-order valence-electron chi connectivity index (χ1n) is 7.53. The van der Waals surface area contributed by atoms with Gasteiger partial charge in [-0.2, -0.15) is 28.2 Å². The van der Waals surface area contributed by atoms with Crippen molar-refractivity contribution < 1.29 is 18.0 Å². The number of hydrogen-bond acceptors (Lipinski definition) is 3. The third kappa shape index (κ3) is 3.96. The van der Waals surface area contributed by atoms with Crippen molar-refractivity contribution in [1.82, 2.24) is 19.9 Å². The Morgan fingerprint density at radius 1 is 1.08 bits per heavy atom. The summed E-state index contributed by atoms with van der Waals surface area (Å²) in [6.45, 7) is -0.00627. The van der Waals surface area contributed by atoms with Crippen LogP contribution in [0.3, 0.4) is 0 Å². The number of carbonyl (C=O) groups is 1. The molecule has 0 N–H and O–H groups in total. The quantitative estimate of drug-likeness (QED) is 0.728. The van der Waals surface area contributed by atoms with Gasteiger partial charge in [0.2, 0.25) is 5.91 Å². The van der Waals surface area contributed by atoms with E-state index in [9.17, 15) is 18.0 Å². The Balaban J connectivity index is 1.68. The first-order chi connectivity index (χ1) is 11.8. The van der Waals surface area contributed by atoms with E-state index in [0.717, 1.165) is 12.1 Å². The van der Waals surface area contributed by atoms with Gasteiger partial charge in [0, 0.05) is 13.6 Å². The van der Waals surface area contributed by atoms with E-state index < -0.39 is 11.7 Å². The monoisotopic (exact) mass is 348 g/mol. The van der Waals surface area contributed by atoms with Crippen LogP contribution in [0.15, 0.2) is 48.5 Å². The maximum absolute atomic E-state index is 12.8. The second-order valence-electron chi connectivity index (χ2n) is 5.67. The minimum absolute atomic E-state index is 0.0730. The summed E-state index contributed by atoms with van der Waals surface area (Å²) in [6, 6.07) is 12.2. The maximum Gasteiger partial charge on any atom is 0.416 e. The minimum Gasteiger partial charge on any atom is -0.340 e. The van der Waals surface area contributed by atoms with Gasteiger partial charge < -0.3 is 4.90 Å². The molecule has 0 aliphatic rings. The Bertz CT molecular complexity index is 871. The first kappa shape index (κ1) is 16.9. The molecule has 25 heavy (non-hydrogen) atoms. The van der Waals surface area contributed by atoms with Crippen LogP contribution in [0.2, 0.25) is 0 Å². The van der Waals surface area contributed by atoms with E-state index in [0.29, 0.717) is 16.6 Å². The highest BCUT2D eigenvalue weighted by molar-refractivity contribution is 5.77. The van der Waals surface area contributed by atoms with Crippen LogP contribution in [-0.4, -0.2) is 32.8 Å². The lowest BCUT2D eigenvalue weighted by Crippen LogP contribution is -2.30. The van der Waals surface area contributed by atoms with E-state index >= 15 is 0 Å². The van der Waals surface area contributed by atoms with E-state index in [4.69, 9.17) is 0 Å². The van der Waals surface area contributed by atoms with Crippen LogP contribution in [0.4, 0.5) is 13.2 Å². The van der Waals surface area contributed by atoms with Gasteiger partial charge in [-0.25, -0.2) is 0 Å². The van der Waals surface area contributed by atoms with E-state index in [-0.39, 0.29) is 19.0 Å². The summed E-state index contributed by atoms with van der Waals surface area (Å²) >= 11 is 0. The molecule has 130 valence electrons. The van der Waals surface area contributed by atoms with E-state index in [1.807, 2.05) is 12.1 Å². The molecule has 1 heterocycles. The number of amides is 1. The van der Waals surface area contributed by atoms with Crippen molar-refractivity contribution in [3.05, 3.63) is 59.7 Å². The molecule has 8 heteroatoms. The van der Waals surface area contributed by atoms with Gasteiger partial charge in [-0.15, -0.1) is 0 Å². The lowest BCUT2D eigenvalue weighted by Gasteiger charge is -2.17. The minimum atomic E-state index is -4.41. The molecule has 0 aliphatic carbocycles. The number of benzene rings is 2. The number of halogens is 3. The van der Waals surface area contributed by atoms with Gasteiger partial charge in [0.05, 0.1) is 5.56 Å². The number of hydrogen-bond donors (Lipinski definition) is 0. The van der Waals surface area contributed by atoms with Crippen LogP contribution in [-0.2, 0) is 24.1 Å². The molecule has 3 aromatic rings. The van der Waals surface area contributed by atoms with Gasteiger partial charge in [-0.3, -0.25) is 4.79 Å². The van der Waals surface area contributed by atoms with Crippen LogP contribution < -0.4 is 0 Å². The summed E-state index contributed by atoms with van der Waals surface area (Å²) in [5.74, 6) is -0.294. The average molecular weight is 348 g/mol. The van der Waals surface area contributed by atoms with E-state index in [1.165, 1.54) is 22.8 Å². The number of rotatable bonds is 4. The smallest absolute Gasteiger partial charge is 0.340 e. The van der Waals surface area contributed by atoms with Crippen molar-refractivity contribution in [3.8, 4) is 0 Å². The highest BCUT2D eigenvalue weighted by Gasteiger charge is 2.30. The molecular formula is C17H15F3N4O. The summed E-state index contributed by atoms with van der Waals surface area (Å²) in [5.41, 5.74) is 1.03. The zero-order valence-corrected chi connectivity index (χ0v) is 13.4. The van der Waals surface area contributed by atoms with Gasteiger partial charge in [0.1, 0.15) is 17.6 Å². The van der Waals surface area contributed by atoms with Crippen LogP contribution in [0, 0.1) is 0 Å². The molecule has 0 fully saturated rings. The number of nitrogens with zero attached hydrogens (tertiary/aromatic N) is 4. The van der Waals surface area contributed by atoms with Gasteiger partial charge in [-0.1, -0.05) is 24.3 Å². The second-order valence-corrected chi connectivity index (χ2v) is 5.67. The normalized spacial score (nSPS) is 11.7. The molecule has 0 spiro atoms. The predicted octanol–water partition coefficient (Wildman–Crippen LogP) is 3.11. The third-order valence-electron chi connectivity index (χ3n) is 3.70. The van der Waals surface area contributed by atoms with Crippen molar-refractivity contribution in [1.29, 1.82) is 0 Å². The highest BCUT2D eigenvalue weighted by atomic mass is 19.4. The Labute approximate surface area is 141 Å². The van der Waals surface area contributed by atoms with Gasteiger partial charge >= 0.3 is 6.18 Å². The Morgan fingerprint density at radius 2 is 1.72 bits per heavy atom. The number of fused-ring (bicyclic) bond motifs is 1. The molecule has 3 rings (SSSR count). The number of carbonyl (C=O) groups excluding carboxylic acids is 1. The topological polar surface area (TPSA) is 51.0 Å². The fraction of sp³-hybridized carbons (Fsp3) is 0.235. The fourth-order valence-electron chi connectivity index (χ4n) is 2.42. The van der Waals surface area contributed by atoms with Gasteiger partial charge in [0.15, 0.2) is 0 Å². The molecule has 0 unspecified atom stereocenters. The van der Waals surface area contributed by atoms with Crippen molar-refractivity contribution in [3.63, 3.8) is 0 Å². The van der Waals surface area contributed by atoms with Crippen molar-refractivity contribution in [2.45, 2.75) is 19.3 Å². The highest BCUT2D eigenvalue weighted by Crippen LogP contribution is 2.29. The first-order valence-corrected chi connectivity index (χ1v) is 7.53. The largest absolute Gasteiger partial charge is 0.416 e. The number of likely N-dealkylation sites (N-methyl/N-ethyl adjacent to an activating group) is 1. The zero-order valence-electron chi connectivity index (χ0n) is 13.4. The molecule has 0 radical (unpaired) electrons. The number of alkyl halides is 3. The van der Waals surface area contributed by atoms with Gasteiger partial charge in [0.25, 0.3) is 0 Å². The van der Waals surface area contributed by atoms with Crippen LogP contribution in [0.1, 0.15) is 11.1 Å². The molecule has 0 saturated carbocycles. The zero-order chi connectivity index (χ0) is 18.0. The average Bonchev–Trinajstić information content (AvgIpc) is 2.96. The number of aromatic nitrogens is 3. The van der Waals surface area contributed by atoms with Crippen LogP contribution >= 0.6 is 0 Å².